The molecule has 0 saturated carbocycles. The van der Waals surface area contributed by atoms with Crippen molar-refractivity contribution >= 4 is 29.0 Å². The van der Waals surface area contributed by atoms with Gasteiger partial charge in [-0.15, -0.1) is 11.3 Å². The normalized spacial score (nSPS) is 11.5. The van der Waals surface area contributed by atoms with Crippen molar-refractivity contribution in [3.05, 3.63) is 52.2 Å². The monoisotopic (exact) mass is 347 g/mol. The number of ether oxygens (including phenoxy) is 1. The molecule has 7 heteroatoms. The van der Waals surface area contributed by atoms with Gasteiger partial charge in [0, 0.05) is 10.4 Å². The summed E-state index contributed by atoms with van der Waals surface area (Å²) in [6.07, 6.45) is -0.195. The molecule has 0 saturated heterocycles. The van der Waals surface area contributed by atoms with Crippen LogP contribution >= 0.6 is 11.3 Å². The van der Waals surface area contributed by atoms with Gasteiger partial charge in [0.25, 0.3) is 5.91 Å². The standard InChI is InChI=1S/C17H17NO5S/c1-11(19)12-4-6-13(7-5-12)23-10-16(20)18-14(9-17(21)22)15-3-2-8-24-15/h2-8,14H,9-10H2,1H3,(H,18,20)(H,21,22)/t14-/m0/s1. The molecule has 1 amide bonds. The lowest BCUT2D eigenvalue weighted by molar-refractivity contribution is -0.137. The van der Waals surface area contributed by atoms with E-state index in [1.54, 1.807) is 36.4 Å². The van der Waals surface area contributed by atoms with Crippen molar-refractivity contribution in [1.29, 1.82) is 0 Å². The van der Waals surface area contributed by atoms with E-state index in [1.807, 2.05) is 5.38 Å². The Hall–Kier alpha value is -2.67. The molecule has 0 aliphatic rings. The largest absolute Gasteiger partial charge is 0.484 e. The Kier molecular flexibility index (Phi) is 6.08. The highest BCUT2D eigenvalue weighted by molar-refractivity contribution is 7.10. The minimum absolute atomic E-state index is 0.0493. The lowest BCUT2D eigenvalue weighted by Gasteiger charge is -2.16. The van der Waals surface area contributed by atoms with E-state index in [4.69, 9.17) is 9.84 Å². The molecule has 0 unspecified atom stereocenters. The number of benzene rings is 1. The zero-order chi connectivity index (χ0) is 17.5. The quantitative estimate of drug-likeness (QED) is 0.716. The van der Waals surface area contributed by atoms with E-state index >= 15 is 0 Å². The number of hydrogen-bond donors (Lipinski definition) is 2. The van der Waals surface area contributed by atoms with Crippen LogP contribution < -0.4 is 10.1 Å². The summed E-state index contributed by atoms with van der Waals surface area (Å²) in [5.41, 5.74) is 0.561. The molecule has 0 spiro atoms. The second-order valence-corrected chi connectivity index (χ2v) is 6.08. The summed E-state index contributed by atoms with van der Waals surface area (Å²) in [5.74, 6) is -0.993. The number of carboxylic acid groups (broad SMARTS) is 1. The van der Waals surface area contributed by atoms with Gasteiger partial charge in [0.2, 0.25) is 0 Å². The molecule has 2 rings (SSSR count). The molecule has 2 N–H and O–H groups in total. The van der Waals surface area contributed by atoms with Gasteiger partial charge in [-0.1, -0.05) is 6.07 Å². The molecule has 2 aromatic rings. The number of ketones is 1. The van der Waals surface area contributed by atoms with Gasteiger partial charge in [0.05, 0.1) is 12.5 Å². The van der Waals surface area contributed by atoms with E-state index in [2.05, 4.69) is 5.32 Å². The predicted octanol–water partition coefficient (Wildman–Crippen LogP) is 2.66. The number of carboxylic acids is 1. The summed E-state index contributed by atoms with van der Waals surface area (Å²) in [4.78, 5) is 34.9. The van der Waals surface area contributed by atoms with Crippen molar-refractivity contribution in [1.82, 2.24) is 5.32 Å². The van der Waals surface area contributed by atoms with Gasteiger partial charge in [-0.25, -0.2) is 0 Å². The van der Waals surface area contributed by atoms with Crippen LogP contribution in [0.2, 0.25) is 0 Å². The minimum atomic E-state index is -0.991. The Labute approximate surface area is 143 Å². The van der Waals surface area contributed by atoms with Gasteiger partial charge < -0.3 is 15.2 Å². The highest BCUT2D eigenvalue weighted by Gasteiger charge is 2.19. The molecular formula is C17H17NO5S. The fourth-order valence-electron chi connectivity index (χ4n) is 2.06. The zero-order valence-corrected chi connectivity index (χ0v) is 13.8. The van der Waals surface area contributed by atoms with Crippen LogP contribution in [0.4, 0.5) is 0 Å². The summed E-state index contributed by atoms with van der Waals surface area (Å²) in [6.45, 7) is 1.23. The van der Waals surface area contributed by atoms with E-state index in [9.17, 15) is 14.4 Å². The lowest BCUT2D eigenvalue weighted by Crippen LogP contribution is -2.33. The van der Waals surface area contributed by atoms with Gasteiger partial charge >= 0.3 is 5.97 Å². The van der Waals surface area contributed by atoms with Crippen LogP contribution in [0.1, 0.15) is 34.6 Å². The number of Topliss-reactive ketones (excluding diaryl/α,β-unsaturated/α-hetero) is 1. The van der Waals surface area contributed by atoms with Crippen LogP contribution in [0.15, 0.2) is 41.8 Å². The molecule has 6 nitrogen and oxygen atoms in total. The fraction of sp³-hybridized carbons (Fsp3) is 0.235. The van der Waals surface area contributed by atoms with Crippen LogP contribution in [0.5, 0.6) is 5.75 Å². The SMILES string of the molecule is CC(=O)c1ccc(OCC(=O)N[C@@H](CC(=O)O)c2cccs2)cc1. The minimum Gasteiger partial charge on any atom is -0.484 e. The number of rotatable bonds is 8. The van der Waals surface area contributed by atoms with Crippen LogP contribution in [0.25, 0.3) is 0 Å². The van der Waals surface area contributed by atoms with E-state index in [1.165, 1.54) is 18.3 Å². The molecule has 0 fully saturated rings. The molecule has 0 aliphatic heterocycles. The molecule has 126 valence electrons. The van der Waals surface area contributed by atoms with E-state index in [-0.39, 0.29) is 18.8 Å². The van der Waals surface area contributed by atoms with Crippen molar-refractivity contribution in [3.63, 3.8) is 0 Å². The van der Waals surface area contributed by atoms with E-state index in [0.29, 0.717) is 11.3 Å². The number of nitrogens with one attached hydrogen (secondary N) is 1. The fourth-order valence-corrected chi connectivity index (χ4v) is 2.84. The molecule has 1 aromatic carbocycles. The second kappa shape index (κ2) is 8.26. The second-order valence-electron chi connectivity index (χ2n) is 5.10. The first-order valence-electron chi connectivity index (χ1n) is 7.24. The Morgan fingerprint density at radius 3 is 2.46 bits per heavy atom. The summed E-state index contributed by atoms with van der Waals surface area (Å²) in [7, 11) is 0. The maximum absolute atomic E-state index is 12.0. The molecule has 24 heavy (non-hydrogen) atoms. The van der Waals surface area contributed by atoms with Gasteiger partial charge in [-0.05, 0) is 42.6 Å². The molecule has 0 radical (unpaired) electrons. The molecule has 1 heterocycles. The van der Waals surface area contributed by atoms with Gasteiger partial charge in [-0.2, -0.15) is 0 Å². The van der Waals surface area contributed by atoms with E-state index in [0.717, 1.165) is 4.88 Å². The molecule has 1 aromatic heterocycles. The first-order valence-corrected chi connectivity index (χ1v) is 8.12. The highest BCUT2D eigenvalue weighted by atomic mass is 32.1. The van der Waals surface area contributed by atoms with Crippen molar-refractivity contribution < 1.29 is 24.2 Å². The zero-order valence-electron chi connectivity index (χ0n) is 13.0. The van der Waals surface area contributed by atoms with Crippen LogP contribution in [-0.2, 0) is 9.59 Å². The van der Waals surface area contributed by atoms with Crippen LogP contribution in [0.3, 0.4) is 0 Å². The Bertz CT molecular complexity index is 709. The summed E-state index contributed by atoms with van der Waals surface area (Å²) < 4.78 is 5.36. The van der Waals surface area contributed by atoms with Gasteiger partial charge in [0.15, 0.2) is 12.4 Å². The number of amides is 1. The molecular weight excluding hydrogens is 330 g/mol. The smallest absolute Gasteiger partial charge is 0.305 e. The Morgan fingerprint density at radius 1 is 1.21 bits per heavy atom. The lowest BCUT2D eigenvalue weighted by atomic mass is 10.1. The molecule has 0 bridgehead atoms. The first kappa shape index (κ1) is 17.7. The number of thiophene rings is 1. The first-order chi connectivity index (χ1) is 11.5. The van der Waals surface area contributed by atoms with Crippen molar-refractivity contribution in [2.75, 3.05) is 6.61 Å². The number of hydrogen-bond acceptors (Lipinski definition) is 5. The predicted molar refractivity (Wildman–Crippen MR) is 89.4 cm³/mol. The third-order valence-electron chi connectivity index (χ3n) is 3.23. The van der Waals surface area contributed by atoms with Crippen molar-refractivity contribution in [2.24, 2.45) is 0 Å². The average Bonchev–Trinajstić information content (AvgIpc) is 3.06. The number of aliphatic carboxylic acids is 1. The molecule has 1 atom stereocenters. The summed E-state index contributed by atoms with van der Waals surface area (Å²) >= 11 is 1.38. The highest BCUT2D eigenvalue weighted by Crippen LogP contribution is 2.22. The van der Waals surface area contributed by atoms with Gasteiger partial charge in [-0.3, -0.25) is 14.4 Å². The Morgan fingerprint density at radius 2 is 1.92 bits per heavy atom. The summed E-state index contributed by atoms with van der Waals surface area (Å²) in [6, 6.07) is 9.45. The van der Waals surface area contributed by atoms with Gasteiger partial charge in [0.1, 0.15) is 5.75 Å². The van der Waals surface area contributed by atoms with Crippen LogP contribution in [-0.4, -0.2) is 29.4 Å². The topological polar surface area (TPSA) is 92.7 Å². The molecule has 0 aliphatic carbocycles. The van der Waals surface area contributed by atoms with Crippen LogP contribution in [0, 0.1) is 0 Å². The van der Waals surface area contributed by atoms with E-state index < -0.39 is 17.9 Å². The number of carbonyl (C=O) groups is 3. The maximum atomic E-state index is 12.0. The van der Waals surface area contributed by atoms with Crippen molar-refractivity contribution in [2.45, 2.75) is 19.4 Å². The van der Waals surface area contributed by atoms with Crippen molar-refractivity contribution in [3.8, 4) is 5.75 Å². The number of carbonyl (C=O) groups excluding carboxylic acids is 2. The third kappa shape index (κ3) is 5.20. The third-order valence-corrected chi connectivity index (χ3v) is 4.22. The maximum Gasteiger partial charge on any atom is 0.305 e. The Balaban J connectivity index is 1.91. The average molecular weight is 347 g/mol. The summed E-state index contributed by atoms with van der Waals surface area (Å²) in [5, 5.41) is 13.5.